The number of quaternary nitrogens is 1. The summed E-state index contributed by atoms with van der Waals surface area (Å²) >= 11 is 0. The predicted molar refractivity (Wildman–Crippen MR) is 90.6 cm³/mol. The monoisotopic (exact) mass is 370 g/mol. The van der Waals surface area contributed by atoms with Gasteiger partial charge in [0, 0.05) is 0 Å². The summed E-state index contributed by atoms with van der Waals surface area (Å²) in [5.41, 5.74) is 0.999. The zero-order valence-corrected chi connectivity index (χ0v) is 15.4. The Morgan fingerprint density at radius 3 is 2.28 bits per heavy atom. The van der Waals surface area contributed by atoms with Crippen LogP contribution in [-0.2, 0) is 19.6 Å². The first-order valence-corrected chi connectivity index (χ1v) is 9.50. The molecule has 2 rings (SSSR count). The number of sulfonamides is 1. The average molecular weight is 370 g/mol. The minimum absolute atomic E-state index is 0.276. The molecule has 25 heavy (non-hydrogen) atoms. The summed E-state index contributed by atoms with van der Waals surface area (Å²) in [6, 6.07) is 6.29. The fourth-order valence-electron chi connectivity index (χ4n) is 2.75. The van der Waals surface area contributed by atoms with Crippen molar-refractivity contribution in [1.29, 1.82) is 0 Å². The number of piperazine rings is 1. The Morgan fingerprint density at radius 2 is 1.76 bits per heavy atom. The molecule has 1 atom stereocenters. The largest absolute Gasteiger partial charge is 0.453 e. The SMILES string of the molecule is COC(=O)NC(=O)[C@H](C)[NH+]1CCN(S(=O)(=O)c2ccc(C)cc2)CC1. The van der Waals surface area contributed by atoms with Crippen molar-refractivity contribution >= 4 is 22.0 Å². The highest BCUT2D eigenvalue weighted by Crippen LogP contribution is 2.16. The molecule has 1 aliphatic heterocycles. The van der Waals surface area contributed by atoms with Crippen LogP contribution in [0.5, 0.6) is 0 Å². The highest BCUT2D eigenvalue weighted by atomic mass is 32.2. The van der Waals surface area contributed by atoms with Crippen molar-refractivity contribution in [2.75, 3.05) is 33.3 Å². The first-order chi connectivity index (χ1) is 11.8. The zero-order chi connectivity index (χ0) is 18.6. The number of hydrogen-bond acceptors (Lipinski definition) is 5. The van der Waals surface area contributed by atoms with Gasteiger partial charge in [-0.15, -0.1) is 0 Å². The third kappa shape index (κ3) is 4.56. The summed E-state index contributed by atoms with van der Waals surface area (Å²) in [5.74, 6) is -0.434. The number of methoxy groups -OCH3 is 1. The first-order valence-electron chi connectivity index (χ1n) is 8.06. The summed E-state index contributed by atoms with van der Waals surface area (Å²) in [4.78, 5) is 24.3. The fourth-order valence-corrected chi connectivity index (χ4v) is 4.19. The molecule has 0 bridgehead atoms. The van der Waals surface area contributed by atoms with E-state index in [1.165, 1.54) is 11.4 Å². The van der Waals surface area contributed by atoms with Gasteiger partial charge in [-0.05, 0) is 26.0 Å². The number of carbonyl (C=O) groups excluding carboxylic acids is 2. The molecule has 2 N–H and O–H groups in total. The van der Waals surface area contributed by atoms with Crippen LogP contribution < -0.4 is 10.2 Å². The maximum Gasteiger partial charge on any atom is 0.413 e. The molecule has 138 valence electrons. The predicted octanol–water partition coefficient (Wildman–Crippen LogP) is -0.845. The van der Waals surface area contributed by atoms with Gasteiger partial charge in [0.2, 0.25) is 10.0 Å². The maximum absolute atomic E-state index is 12.7. The summed E-state index contributed by atoms with van der Waals surface area (Å²) < 4.78 is 31.2. The molecule has 0 spiro atoms. The molecule has 0 unspecified atom stereocenters. The molecular weight excluding hydrogens is 346 g/mol. The smallest absolute Gasteiger partial charge is 0.413 e. The number of imide groups is 1. The van der Waals surface area contributed by atoms with E-state index in [-0.39, 0.29) is 4.90 Å². The number of alkyl carbamates (subject to hydrolysis) is 1. The van der Waals surface area contributed by atoms with E-state index in [1.807, 2.05) is 6.92 Å². The molecule has 8 nitrogen and oxygen atoms in total. The van der Waals surface area contributed by atoms with Gasteiger partial charge in [0.15, 0.2) is 6.04 Å². The van der Waals surface area contributed by atoms with Crippen molar-refractivity contribution in [3.05, 3.63) is 29.8 Å². The molecule has 1 fully saturated rings. The molecule has 0 radical (unpaired) electrons. The second kappa shape index (κ2) is 7.94. The minimum atomic E-state index is -3.53. The molecule has 0 aliphatic carbocycles. The number of hydrogen-bond donors (Lipinski definition) is 2. The number of rotatable bonds is 4. The van der Waals surface area contributed by atoms with Crippen LogP contribution in [0, 0.1) is 6.92 Å². The van der Waals surface area contributed by atoms with Gasteiger partial charge in [0.25, 0.3) is 5.91 Å². The van der Waals surface area contributed by atoms with Crippen molar-refractivity contribution in [2.24, 2.45) is 0 Å². The number of aryl methyl sites for hydroxylation is 1. The normalized spacial score (nSPS) is 17.7. The van der Waals surface area contributed by atoms with E-state index in [0.29, 0.717) is 26.2 Å². The topological polar surface area (TPSA) is 97.2 Å². The summed E-state index contributed by atoms with van der Waals surface area (Å²) in [6.07, 6.45) is -0.795. The van der Waals surface area contributed by atoms with E-state index in [1.54, 1.807) is 31.2 Å². The van der Waals surface area contributed by atoms with Crippen molar-refractivity contribution in [3.63, 3.8) is 0 Å². The van der Waals surface area contributed by atoms with Crippen molar-refractivity contribution in [1.82, 2.24) is 9.62 Å². The van der Waals surface area contributed by atoms with Crippen molar-refractivity contribution in [2.45, 2.75) is 24.8 Å². The van der Waals surface area contributed by atoms with Gasteiger partial charge in [0.05, 0.1) is 38.2 Å². The second-order valence-corrected chi connectivity index (χ2v) is 8.02. The van der Waals surface area contributed by atoms with Crippen molar-refractivity contribution in [3.8, 4) is 0 Å². The quantitative estimate of drug-likeness (QED) is 0.720. The van der Waals surface area contributed by atoms with E-state index in [2.05, 4.69) is 10.1 Å². The lowest BCUT2D eigenvalue weighted by Crippen LogP contribution is -3.19. The third-order valence-electron chi connectivity index (χ3n) is 4.44. The molecule has 1 heterocycles. The zero-order valence-electron chi connectivity index (χ0n) is 14.6. The fraction of sp³-hybridized carbons (Fsp3) is 0.500. The second-order valence-electron chi connectivity index (χ2n) is 6.08. The molecule has 9 heteroatoms. The van der Waals surface area contributed by atoms with E-state index < -0.39 is 28.1 Å². The Hall–Kier alpha value is -1.97. The average Bonchev–Trinajstić information content (AvgIpc) is 2.61. The van der Waals surface area contributed by atoms with E-state index in [0.717, 1.165) is 10.5 Å². The van der Waals surface area contributed by atoms with Gasteiger partial charge < -0.3 is 9.64 Å². The Bertz CT molecular complexity index is 725. The van der Waals surface area contributed by atoms with Crippen LogP contribution >= 0.6 is 0 Å². The van der Waals surface area contributed by atoms with Crippen molar-refractivity contribution < 1.29 is 27.6 Å². The highest BCUT2D eigenvalue weighted by molar-refractivity contribution is 7.89. The van der Waals surface area contributed by atoms with Gasteiger partial charge in [-0.1, -0.05) is 17.7 Å². The Morgan fingerprint density at radius 1 is 1.20 bits per heavy atom. The van der Waals surface area contributed by atoms with Crippen LogP contribution in [0.2, 0.25) is 0 Å². The summed E-state index contributed by atoms with van der Waals surface area (Å²) in [7, 11) is -2.34. The standard InChI is InChI=1S/C16H23N3O5S/c1-12-4-6-14(7-5-12)25(22,23)19-10-8-18(9-11-19)13(2)15(20)17-16(21)24-3/h4-7,13H,8-11H2,1-3H3,(H,17,20,21)/p+1/t13-/m0/s1. The first kappa shape index (κ1) is 19.4. The van der Waals surface area contributed by atoms with Crippen LogP contribution in [0.3, 0.4) is 0 Å². The lowest BCUT2D eigenvalue weighted by molar-refractivity contribution is -0.917. The van der Waals surface area contributed by atoms with Gasteiger partial charge in [-0.2, -0.15) is 4.31 Å². The number of benzene rings is 1. The molecule has 0 saturated carbocycles. The molecule has 1 aromatic rings. The van der Waals surface area contributed by atoms with E-state index in [4.69, 9.17) is 0 Å². The molecule has 0 aromatic heterocycles. The van der Waals surface area contributed by atoms with Gasteiger partial charge in [0.1, 0.15) is 0 Å². The lowest BCUT2D eigenvalue weighted by atomic mass is 10.2. The molecule has 2 amide bonds. The lowest BCUT2D eigenvalue weighted by Gasteiger charge is -2.34. The number of nitrogens with one attached hydrogen (secondary N) is 2. The van der Waals surface area contributed by atoms with Gasteiger partial charge in [-0.3, -0.25) is 10.1 Å². The van der Waals surface area contributed by atoms with Gasteiger partial charge in [-0.25, -0.2) is 13.2 Å². The van der Waals surface area contributed by atoms with Crippen LogP contribution in [0.1, 0.15) is 12.5 Å². The Kier molecular flexibility index (Phi) is 6.15. The summed E-state index contributed by atoms with van der Waals surface area (Å²) in [5, 5.41) is 2.15. The number of ether oxygens (including phenoxy) is 1. The Labute approximate surface area is 147 Å². The van der Waals surface area contributed by atoms with E-state index in [9.17, 15) is 18.0 Å². The molecule has 1 aromatic carbocycles. The van der Waals surface area contributed by atoms with Crippen LogP contribution in [0.15, 0.2) is 29.2 Å². The molecule has 1 aliphatic rings. The van der Waals surface area contributed by atoms with E-state index >= 15 is 0 Å². The van der Waals surface area contributed by atoms with Crippen LogP contribution in [-0.4, -0.2) is 64.1 Å². The summed E-state index contributed by atoms with van der Waals surface area (Å²) in [6.45, 7) is 5.22. The Balaban J connectivity index is 1.98. The van der Waals surface area contributed by atoms with Crippen LogP contribution in [0.4, 0.5) is 4.79 Å². The minimum Gasteiger partial charge on any atom is -0.453 e. The number of amides is 2. The third-order valence-corrected chi connectivity index (χ3v) is 6.35. The molecular formula is C16H24N3O5S+. The number of carbonyl (C=O) groups is 2. The molecule has 1 saturated heterocycles. The van der Waals surface area contributed by atoms with Gasteiger partial charge >= 0.3 is 6.09 Å². The highest BCUT2D eigenvalue weighted by Gasteiger charge is 2.34. The maximum atomic E-state index is 12.7. The number of nitrogens with zero attached hydrogens (tertiary/aromatic N) is 1. The van der Waals surface area contributed by atoms with Crippen LogP contribution in [0.25, 0.3) is 0 Å².